The number of unbranched alkanes of at least 4 members (excludes halogenated alkanes) is 3. The fourth-order valence-corrected chi connectivity index (χ4v) is 2.63. The number of nitrogens with one attached hydrogen (secondary N) is 3. The number of guanidine groups is 1. The van der Waals surface area contributed by atoms with E-state index in [2.05, 4.69) is 41.7 Å². The topological polar surface area (TPSA) is 65.5 Å². The maximum absolute atomic E-state index is 11.7. The first-order valence-corrected chi connectivity index (χ1v) is 9.46. The molecular weight excluding hydrogens is 439 g/mol. The quantitative estimate of drug-likeness (QED) is 0.207. The SMILES string of the molecule is CCCCCCC(C)NC(=NCc1cccc(C(=O)NC)c1)NCC.I. The van der Waals surface area contributed by atoms with Gasteiger partial charge in [0.15, 0.2) is 5.96 Å². The predicted octanol–water partition coefficient (Wildman–Crippen LogP) is 4.08. The number of benzene rings is 1. The minimum atomic E-state index is -0.0726. The van der Waals surface area contributed by atoms with Crippen LogP contribution >= 0.6 is 24.0 Å². The summed E-state index contributed by atoms with van der Waals surface area (Å²) >= 11 is 0. The van der Waals surface area contributed by atoms with Gasteiger partial charge >= 0.3 is 0 Å². The summed E-state index contributed by atoms with van der Waals surface area (Å²) in [5, 5.41) is 9.42. The molecular formula is C20H35IN4O. The van der Waals surface area contributed by atoms with Crippen molar-refractivity contribution in [3.63, 3.8) is 0 Å². The van der Waals surface area contributed by atoms with Gasteiger partial charge in [0.25, 0.3) is 5.91 Å². The molecule has 6 heteroatoms. The zero-order valence-corrected chi connectivity index (χ0v) is 18.9. The molecule has 1 unspecified atom stereocenters. The van der Waals surface area contributed by atoms with Gasteiger partial charge in [-0.05, 0) is 38.0 Å². The number of amides is 1. The Bertz CT molecular complexity index is 548. The lowest BCUT2D eigenvalue weighted by Crippen LogP contribution is -2.42. The number of halogens is 1. The van der Waals surface area contributed by atoms with E-state index in [1.54, 1.807) is 7.05 Å². The van der Waals surface area contributed by atoms with Crippen LogP contribution in [0.15, 0.2) is 29.3 Å². The molecule has 5 nitrogen and oxygen atoms in total. The van der Waals surface area contributed by atoms with Crippen LogP contribution in [0.1, 0.15) is 68.8 Å². The van der Waals surface area contributed by atoms with E-state index in [-0.39, 0.29) is 29.9 Å². The van der Waals surface area contributed by atoms with Gasteiger partial charge in [0.1, 0.15) is 0 Å². The molecule has 148 valence electrons. The summed E-state index contributed by atoms with van der Waals surface area (Å²) in [5.41, 5.74) is 1.69. The maximum Gasteiger partial charge on any atom is 0.251 e. The molecule has 1 atom stereocenters. The molecule has 0 aliphatic carbocycles. The first-order valence-electron chi connectivity index (χ1n) is 9.46. The smallest absolute Gasteiger partial charge is 0.251 e. The Morgan fingerprint density at radius 2 is 1.96 bits per heavy atom. The lowest BCUT2D eigenvalue weighted by atomic mass is 10.1. The van der Waals surface area contributed by atoms with Gasteiger partial charge in [0.2, 0.25) is 0 Å². The van der Waals surface area contributed by atoms with Gasteiger partial charge in [-0.1, -0.05) is 44.7 Å². The van der Waals surface area contributed by atoms with Crippen LogP contribution in [0.2, 0.25) is 0 Å². The fraction of sp³-hybridized carbons (Fsp3) is 0.600. The number of hydrogen-bond acceptors (Lipinski definition) is 2. The predicted molar refractivity (Wildman–Crippen MR) is 121 cm³/mol. The van der Waals surface area contributed by atoms with Crippen molar-refractivity contribution in [3.8, 4) is 0 Å². The average Bonchev–Trinajstić information content (AvgIpc) is 2.63. The highest BCUT2D eigenvalue weighted by atomic mass is 127. The first kappa shape index (κ1) is 24.7. The van der Waals surface area contributed by atoms with Crippen LogP contribution in [-0.2, 0) is 6.54 Å². The number of aliphatic imine (C=N–C) groups is 1. The zero-order valence-electron chi connectivity index (χ0n) is 16.6. The van der Waals surface area contributed by atoms with Crippen molar-refractivity contribution >= 4 is 35.8 Å². The van der Waals surface area contributed by atoms with Crippen molar-refractivity contribution in [2.45, 2.75) is 65.5 Å². The second-order valence-electron chi connectivity index (χ2n) is 6.37. The summed E-state index contributed by atoms with van der Waals surface area (Å²) in [5.74, 6) is 0.757. The monoisotopic (exact) mass is 474 g/mol. The van der Waals surface area contributed by atoms with Gasteiger partial charge < -0.3 is 16.0 Å². The molecule has 1 aromatic carbocycles. The van der Waals surface area contributed by atoms with Crippen LogP contribution in [0.4, 0.5) is 0 Å². The number of carbonyl (C=O) groups excluding carboxylic acids is 1. The van der Waals surface area contributed by atoms with Gasteiger partial charge in [-0.2, -0.15) is 0 Å². The third-order valence-electron chi connectivity index (χ3n) is 4.05. The molecule has 0 saturated carbocycles. The minimum absolute atomic E-state index is 0. The highest BCUT2D eigenvalue weighted by molar-refractivity contribution is 14.0. The second kappa shape index (κ2) is 14.8. The lowest BCUT2D eigenvalue weighted by molar-refractivity contribution is 0.0963. The van der Waals surface area contributed by atoms with Crippen molar-refractivity contribution in [2.75, 3.05) is 13.6 Å². The minimum Gasteiger partial charge on any atom is -0.357 e. The number of rotatable bonds is 10. The van der Waals surface area contributed by atoms with Crippen LogP contribution in [0.25, 0.3) is 0 Å². The van der Waals surface area contributed by atoms with Gasteiger partial charge in [-0.25, -0.2) is 4.99 Å². The third-order valence-corrected chi connectivity index (χ3v) is 4.05. The average molecular weight is 474 g/mol. The van der Waals surface area contributed by atoms with E-state index < -0.39 is 0 Å². The summed E-state index contributed by atoms with van der Waals surface area (Å²) < 4.78 is 0. The Hall–Kier alpha value is -1.31. The van der Waals surface area contributed by atoms with Gasteiger partial charge in [-0.3, -0.25) is 4.79 Å². The number of hydrogen-bond donors (Lipinski definition) is 3. The Morgan fingerprint density at radius 1 is 1.19 bits per heavy atom. The lowest BCUT2D eigenvalue weighted by Gasteiger charge is -2.17. The molecule has 1 aromatic rings. The van der Waals surface area contributed by atoms with E-state index in [9.17, 15) is 4.79 Å². The molecule has 1 rings (SSSR count). The Labute approximate surface area is 175 Å². The van der Waals surface area contributed by atoms with E-state index in [1.807, 2.05) is 24.3 Å². The van der Waals surface area contributed by atoms with E-state index >= 15 is 0 Å². The molecule has 3 N–H and O–H groups in total. The van der Waals surface area contributed by atoms with E-state index in [0.717, 1.165) is 24.5 Å². The van der Waals surface area contributed by atoms with Gasteiger partial charge in [0.05, 0.1) is 6.54 Å². The number of carbonyl (C=O) groups is 1. The Kier molecular flexibility index (Phi) is 14.1. The molecule has 0 radical (unpaired) electrons. The fourth-order valence-electron chi connectivity index (χ4n) is 2.63. The molecule has 0 spiro atoms. The third kappa shape index (κ3) is 9.99. The molecule has 1 amide bonds. The standard InChI is InChI=1S/C20H34N4O.HI/c1-5-7-8-9-11-16(3)24-20(22-6-2)23-15-17-12-10-13-18(14-17)19(25)21-4;/h10,12-14,16H,5-9,11,15H2,1-4H3,(H,21,25)(H2,22,23,24);1H. The van der Waals surface area contributed by atoms with Crippen molar-refractivity contribution in [1.29, 1.82) is 0 Å². The summed E-state index contributed by atoms with van der Waals surface area (Å²) in [6.07, 6.45) is 6.26. The van der Waals surface area contributed by atoms with E-state index in [0.29, 0.717) is 18.2 Å². The summed E-state index contributed by atoms with van der Waals surface area (Å²) in [7, 11) is 1.64. The van der Waals surface area contributed by atoms with Crippen molar-refractivity contribution < 1.29 is 4.79 Å². The highest BCUT2D eigenvalue weighted by Gasteiger charge is 2.06. The second-order valence-corrected chi connectivity index (χ2v) is 6.37. The van der Waals surface area contributed by atoms with Crippen molar-refractivity contribution in [1.82, 2.24) is 16.0 Å². The molecule has 0 aromatic heterocycles. The van der Waals surface area contributed by atoms with Gasteiger partial charge in [0, 0.05) is 25.2 Å². The van der Waals surface area contributed by atoms with Crippen LogP contribution in [0, 0.1) is 0 Å². The molecule has 0 aliphatic rings. The largest absolute Gasteiger partial charge is 0.357 e. The molecule has 0 heterocycles. The normalized spacial score (nSPS) is 12.1. The van der Waals surface area contributed by atoms with Gasteiger partial charge in [-0.15, -0.1) is 24.0 Å². The van der Waals surface area contributed by atoms with Crippen molar-refractivity contribution in [3.05, 3.63) is 35.4 Å². The Balaban J connectivity index is 0.00000625. The summed E-state index contributed by atoms with van der Waals surface area (Å²) in [4.78, 5) is 16.4. The molecule has 0 bridgehead atoms. The molecule has 0 aliphatic heterocycles. The van der Waals surface area contributed by atoms with E-state index in [1.165, 1.54) is 25.7 Å². The highest BCUT2D eigenvalue weighted by Crippen LogP contribution is 2.07. The van der Waals surface area contributed by atoms with Crippen LogP contribution in [0.3, 0.4) is 0 Å². The first-order chi connectivity index (χ1) is 12.1. The molecule has 0 fully saturated rings. The molecule has 26 heavy (non-hydrogen) atoms. The summed E-state index contributed by atoms with van der Waals surface area (Å²) in [6.45, 7) is 7.87. The summed E-state index contributed by atoms with van der Waals surface area (Å²) in [6, 6.07) is 7.99. The van der Waals surface area contributed by atoms with Crippen LogP contribution in [-0.4, -0.2) is 31.5 Å². The maximum atomic E-state index is 11.7. The van der Waals surface area contributed by atoms with E-state index in [4.69, 9.17) is 0 Å². The van der Waals surface area contributed by atoms with Crippen LogP contribution < -0.4 is 16.0 Å². The Morgan fingerprint density at radius 3 is 2.62 bits per heavy atom. The zero-order chi connectivity index (χ0) is 18.5. The van der Waals surface area contributed by atoms with Crippen molar-refractivity contribution in [2.24, 2.45) is 4.99 Å². The molecule has 0 saturated heterocycles. The van der Waals surface area contributed by atoms with Crippen LogP contribution in [0.5, 0.6) is 0 Å². The number of nitrogens with zero attached hydrogens (tertiary/aromatic N) is 1.